The van der Waals surface area contributed by atoms with Crippen LogP contribution < -0.4 is 0 Å². The number of hydrogen-bond donors (Lipinski definition) is 2. The molecule has 2 bridgehead atoms. The Labute approximate surface area is 416 Å². The van der Waals surface area contributed by atoms with Crippen molar-refractivity contribution in [2.75, 3.05) is 40.0 Å². The van der Waals surface area contributed by atoms with E-state index in [2.05, 4.69) is 0 Å². The average Bonchev–Trinajstić information content (AvgIpc) is 3.32. The summed E-state index contributed by atoms with van der Waals surface area (Å²) in [5.41, 5.74) is 1.83. The average molecular weight is 1010 g/mol. The number of fused-ring (bicyclic) bond motifs is 3. The van der Waals surface area contributed by atoms with E-state index in [1.54, 1.807) is 59.5 Å². The molecule has 0 spiro atoms. The zero-order valence-corrected chi connectivity index (χ0v) is 44.8. The lowest BCUT2D eigenvalue weighted by atomic mass is 9.79. The molecule has 16 atom stereocenters. The lowest BCUT2D eigenvalue weighted by molar-refractivity contribution is -0.265. The van der Waals surface area contributed by atoms with Crippen LogP contribution in [0.1, 0.15) is 126 Å². The Morgan fingerprint density at radius 2 is 1.62 bits per heavy atom. The first-order chi connectivity index (χ1) is 32.6. The summed E-state index contributed by atoms with van der Waals surface area (Å²) in [6, 6.07) is -1.14. The van der Waals surface area contributed by atoms with Crippen molar-refractivity contribution >= 4 is 48.8 Å². The molecule has 1 aliphatic carbocycles. The van der Waals surface area contributed by atoms with Gasteiger partial charge in [0.05, 0.1) is 18.3 Å². The first-order valence-corrected chi connectivity index (χ1v) is 28.1. The fourth-order valence-electron chi connectivity index (χ4n) is 10.5. The number of aliphatic hydroxyl groups is 2. The summed E-state index contributed by atoms with van der Waals surface area (Å²) in [6.45, 7) is 14.6. The number of esters is 1. The maximum absolute atomic E-state index is 14.5. The second-order valence-corrected chi connectivity index (χ2v) is 23.7. The van der Waals surface area contributed by atoms with Crippen molar-refractivity contribution in [1.82, 2.24) is 4.90 Å². The normalized spacial score (nSPS) is 39.0. The number of rotatable bonds is 9. The third-order valence-electron chi connectivity index (χ3n) is 14.9. The van der Waals surface area contributed by atoms with Crippen molar-refractivity contribution in [1.29, 1.82) is 0 Å². The minimum atomic E-state index is -2.43. The topological polar surface area (TPSA) is 192 Å². The van der Waals surface area contributed by atoms with E-state index >= 15 is 0 Å². The number of thioether (sulfide) groups is 1. The summed E-state index contributed by atoms with van der Waals surface area (Å²) >= 11 is 1.67. The molecule has 1 amide bonds. The number of hydrogen-bond acceptors (Lipinski definition) is 14. The number of aliphatic hydroxyl groups excluding tert-OH is 1. The molecule has 0 aromatic carbocycles. The molecule has 3 fully saturated rings. The van der Waals surface area contributed by atoms with Gasteiger partial charge in [0.1, 0.15) is 36.8 Å². The SMILES string of the molecule is CO[C@H]1CC2CC[C@@H](C)[C@@](O)(O2)C(=O)C(=O)N2CCCCC2C(=O)O[C@H]([C@H](C)C[C@@H]2CCC(SC[P+](C)=O)[C@H](OC)C2)CC(=O)[C@H](C)/C=C(\C)[C@@H](O)[C@@H](OC)C(=O)[C@H](C)C[C@H](C)/C=C/C=C/C=C/1C. The predicted octanol–water partition coefficient (Wildman–Crippen LogP) is 8.34. The van der Waals surface area contributed by atoms with E-state index in [-0.39, 0.29) is 60.1 Å². The van der Waals surface area contributed by atoms with Gasteiger partial charge in [-0.25, -0.2) is 4.79 Å². The van der Waals surface area contributed by atoms with Gasteiger partial charge in [0.2, 0.25) is 5.79 Å². The van der Waals surface area contributed by atoms with Crippen molar-refractivity contribution < 1.29 is 62.4 Å². The number of ether oxygens (including phenoxy) is 5. The third kappa shape index (κ3) is 16.3. The molecule has 1 saturated carbocycles. The Bertz CT molecular complexity index is 1900. The molecule has 14 nitrogen and oxygen atoms in total. The highest BCUT2D eigenvalue weighted by atomic mass is 32.2. The number of carbonyl (C=O) groups is 5. The molecular formula is C53H83NO13PS+. The maximum Gasteiger partial charge on any atom is 0.346 e. The fourth-order valence-corrected chi connectivity index (χ4v) is 12.8. The van der Waals surface area contributed by atoms with Crippen LogP contribution in [-0.2, 0) is 52.2 Å². The smallest absolute Gasteiger partial charge is 0.346 e. The number of Topliss-reactive ketones (excluding diaryl/α,β-unsaturated/α-hetero) is 3. The van der Waals surface area contributed by atoms with Gasteiger partial charge >= 0.3 is 13.8 Å². The first-order valence-electron chi connectivity index (χ1n) is 25.1. The van der Waals surface area contributed by atoms with Crippen molar-refractivity contribution in [3.63, 3.8) is 0 Å². The number of nitrogens with zero attached hydrogens (tertiary/aromatic N) is 1. The van der Waals surface area contributed by atoms with Crippen molar-refractivity contribution in [3.8, 4) is 0 Å². The van der Waals surface area contributed by atoms with Gasteiger partial charge in [-0.05, 0) is 107 Å². The van der Waals surface area contributed by atoms with Gasteiger partial charge in [0, 0.05) is 63.7 Å². The molecule has 2 saturated heterocycles. The van der Waals surface area contributed by atoms with Crippen molar-refractivity contribution in [2.45, 2.75) is 179 Å². The number of ketones is 3. The molecule has 4 unspecified atom stereocenters. The van der Waals surface area contributed by atoms with Crippen LogP contribution in [0, 0.1) is 35.5 Å². The molecule has 0 aromatic heterocycles. The Hall–Kier alpha value is -2.88. The monoisotopic (exact) mass is 1000 g/mol. The second-order valence-electron chi connectivity index (χ2n) is 20.5. The van der Waals surface area contributed by atoms with E-state index in [9.17, 15) is 38.8 Å². The summed E-state index contributed by atoms with van der Waals surface area (Å²) in [5, 5.41) is 23.7. The van der Waals surface area contributed by atoms with E-state index in [1.165, 1.54) is 12.0 Å². The van der Waals surface area contributed by atoms with Gasteiger partial charge in [-0.3, -0.25) is 19.2 Å². The number of allylic oxidation sites excluding steroid dienone is 6. The van der Waals surface area contributed by atoms with Crippen LogP contribution in [0.25, 0.3) is 0 Å². The molecule has 3 aliphatic heterocycles. The minimum absolute atomic E-state index is 0.0179. The number of carbonyl (C=O) groups excluding carboxylic acids is 5. The van der Waals surface area contributed by atoms with Crippen LogP contribution in [0.3, 0.4) is 0 Å². The minimum Gasteiger partial charge on any atom is -0.460 e. The van der Waals surface area contributed by atoms with Crippen LogP contribution in [0.4, 0.5) is 0 Å². The van der Waals surface area contributed by atoms with Gasteiger partial charge in [-0.15, -0.1) is 11.8 Å². The molecule has 16 heteroatoms. The largest absolute Gasteiger partial charge is 0.460 e. The van der Waals surface area contributed by atoms with Crippen molar-refractivity contribution in [2.24, 2.45) is 35.5 Å². The maximum atomic E-state index is 14.5. The molecule has 0 aromatic rings. The van der Waals surface area contributed by atoms with E-state index in [0.29, 0.717) is 56.0 Å². The molecular weight excluding hydrogens is 922 g/mol. The van der Waals surface area contributed by atoms with Crippen LogP contribution in [0.15, 0.2) is 47.6 Å². The highest BCUT2D eigenvalue weighted by molar-refractivity contribution is 8.04. The number of piperidine rings is 1. The van der Waals surface area contributed by atoms with Gasteiger partial charge in [0.25, 0.3) is 11.7 Å². The van der Waals surface area contributed by atoms with Crippen LogP contribution in [0.5, 0.6) is 0 Å². The number of methoxy groups -OCH3 is 3. The molecule has 3 heterocycles. The Morgan fingerprint density at radius 1 is 0.899 bits per heavy atom. The number of cyclic esters (lactones) is 1. The molecule has 2 N–H and O–H groups in total. The van der Waals surface area contributed by atoms with Gasteiger partial charge in [0.15, 0.2) is 11.3 Å². The van der Waals surface area contributed by atoms with Gasteiger partial charge < -0.3 is 38.8 Å². The van der Waals surface area contributed by atoms with Crippen molar-refractivity contribution in [3.05, 3.63) is 47.6 Å². The van der Waals surface area contributed by atoms with Crippen LogP contribution in [0.2, 0.25) is 0 Å². The molecule has 4 rings (SSSR count). The predicted molar refractivity (Wildman–Crippen MR) is 269 cm³/mol. The second kappa shape index (κ2) is 27.8. The summed E-state index contributed by atoms with van der Waals surface area (Å²) in [7, 11) is 3.36. The highest BCUT2D eigenvalue weighted by Crippen LogP contribution is 2.41. The van der Waals surface area contributed by atoms with Gasteiger partial charge in [-0.1, -0.05) is 75.6 Å². The van der Waals surface area contributed by atoms with Gasteiger partial charge in [-0.2, -0.15) is 0 Å². The van der Waals surface area contributed by atoms with Crippen LogP contribution >= 0.6 is 19.6 Å². The summed E-state index contributed by atoms with van der Waals surface area (Å²) in [4.78, 5) is 72.3. The standard InChI is InChI=1S/C53H83NO13PS/c1-32-17-13-12-14-18-33(2)43(63-8)29-40-22-20-38(7)53(61,67-40)50(58)51(59)54-24-16-15-19-41(54)52(60)66-44(35(4)27-39-21-23-46(45(28-39)64-9)69-31-68(11)62)30-42(55)34(3)26-37(6)48(57)49(65-10)47(56)36(5)25-32/h12-14,17-18,26,32,34-36,38-41,43-46,48-49,57,61H,15-16,19-25,27-31H2,1-11H3/q+1/b14-12+,17-13+,33-18+,37-26+/t32-,34-,35-,36-,38-,39+,40?,41?,43+,44+,45-,46?,48-,49+,53-/m1/s1. The highest BCUT2D eigenvalue weighted by Gasteiger charge is 2.53. The molecule has 69 heavy (non-hydrogen) atoms. The Morgan fingerprint density at radius 3 is 2.29 bits per heavy atom. The molecule has 4 aliphatic rings. The van der Waals surface area contributed by atoms with E-state index in [1.807, 2.05) is 58.1 Å². The quantitative estimate of drug-likeness (QED) is 0.0969. The first kappa shape index (κ1) is 58.7. The Balaban J connectivity index is 1.70. The lowest BCUT2D eigenvalue weighted by Crippen LogP contribution is -2.61. The van der Waals surface area contributed by atoms with E-state index in [0.717, 1.165) is 24.8 Å². The Kier molecular flexibility index (Phi) is 23.7. The number of amides is 1. The summed E-state index contributed by atoms with van der Waals surface area (Å²) in [5.74, 6) is -7.83. The summed E-state index contributed by atoms with van der Waals surface area (Å²) < 4.78 is 41.8. The zero-order chi connectivity index (χ0) is 51.2. The third-order valence-corrected chi connectivity index (χ3v) is 17.9. The van der Waals surface area contributed by atoms with E-state index < -0.39 is 85.6 Å². The van der Waals surface area contributed by atoms with E-state index in [4.69, 9.17) is 23.7 Å². The fraction of sp³-hybridized carbons (Fsp3) is 0.755. The zero-order valence-electron chi connectivity index (χ0n) is 43.1. The summed E-state index contributed by atoms with van der Waals surface area (Å²) in [6.07, 6.45) is 12.8. The van der Waals surface area contributed by atoms with Crippen LogP contribution in [-0.4, -0.2) is 138 Å². The lowest BCUT2D eigenvalue weighted by Gasteiger charge is -2.42. The molecule has 0 radical (unpaired) electrons. The molecule has 388 valence electrons.